The normalized spacial score (nSPS) is 10.3. The highest BCUT2D eigenvalue weighted by atomic mass is 35.5. The first-order valence-corrected chi connectivity index (χ1v) is 7.62. The molecule has 0 spiro atoms. The Kier molecular flexibility index (Phi) is 8.47. The van der Waals surface area contributed by atoms with E-state index in [-0.39, 0.29) is 12.6 Å². The molecule has 0 amide bonds. The van der Waals surface area contributed by atoms with E-state index in [0.717, 1.165) is 12.8 Å². The standard InChI is InChI=1S/C15H20Cl2O3/c1-2-3-4-5-6-9-19-15(18)11-20-14-8-7-12(16)10-13(14)17/h7-8,10H,2-6,9,11H2,1H3. The fourth-order valence-electron chi connectivity index (χ4n) is 1.66. The monoisotopic (exact) mass is 318 g/mol. The topological polar surface area (TPSA) is 35.5 Å². The Balaban J connectivity index is 2.16. The molecule has 0 N–H and O–H groups in total. The molecular formula is C15H20Cl2O3. The summed E-state index contributed by atoms with van der Waals surface area (Å²) < 4.78 is 10.4. The van der Waals surface area contributed by atoms with Crippen LogP contribution in [0.3, 0.4) is 0 Å². The molecule has 3 nitrogen and oxygen atoms in total. The van der Waals surface area contributed by atoms with Crippen molar-refractivity contribution in [2.75, 3.05) is 13.2 Å². The van der Waals surface area contributed by atoms with E-state index in [2.05, 4.69) is 6.92 Å². The van der Waals surface area contributed by atoms with Crippen LogP contribution in [0.2, 0.25) is 10.0 Å². The van der Waals surface area contributed by atoms with Crippen molar-refractivity contribution in [1.82, 2.24) is 0 Å². The SMILES string of the molecule is CCCCCCCOC(=O)COc1ccc(Cl)cc1Cl. The molecule has 1 rings (SSSR count). The first kappa shape index (κ1) is 17.1. The number of carbonyl (C=O) groups excluding carboxylic acids is 1. The van der Waals surface area contributed by atoms with Crippen molar-refractivity contribution in [3.63, 3.8) is 0 Å². The van der Waals surface area contributed by atoms with Crippen molar-refractivity contribution >= 4 is 29.2 Å². The summed E-state index contributed by atoms with van der Waals surface area (Å²) in [6, 6.07) is 4.85. The molecule has 0 saturated heterocycles. The first-order chi connectivity index (χ1) is 9.63. The molecule has 0 aliphatic rings. The smallest absolute Gasteiger partial charge is 0.344 e. The van der Waals surface area contributed by atoms with Crippen molar-refractivity contribution in [2.45, 2.75) is 39.0 Å². The summed E-state index contributed by atoms with van der Waals surface area (Å²) in [5, 5.41) is 0.905. The summed E-state index contributed by atoms with van der Waals surface area (Å²) in [4.78, 5) is 11.5. The maximum atomic E-state index is 11.5. The van der Waals surface area contributed by atoms with Crippen LogP contribution in [0.15, 0.2) is 18.2 Å². The van der Waals surface area contributed by atoms with E-state index >= 15 is 0 Å². The minimum Gasteiger partial charge on any atom is -0.480 e. The Labute approximate surface area is 130 Å². The number of unbranched alkanes of at least 4 members (excludes halogenated alkanes) is 4. The zero-order valence-corrected chi connectivity index (χ0v) is 13.2. The molecule has 0 aliphatic carbocycles. The number of carbonyl (C=O) groups is 1. The zero-order chi connectivity index (χ0) is 14.8. The van der Waals surface area contributed by atoms with Gasteiger partial charge in [0, 0.05) is 5.02 Å². The summed E-state index contributed by atoms with van der Waals surface area (Å²) in [6.45, 7) is 2.47. The van der Waals surface area contributed by atoms with Gasteiger partial charge in [0.2, 0.25) is 0 Å². The maximum Gasteiger partial charge on any atom is 0.344 e. The minimum absolute atomic E-state index is 0.143. The molecule has 5 heteroatoms. The third-order valence-electron chi connectivity index (χ3n) is 2.75. The van der Waals surface area contributed by atoms with E-state index in [1.54, 1.807) is 18.2 Å². The van der Waals surface area contributed by atoms with E-state index < -0.39 is 0 Å². The number of hydrogen-bond donors (Lipinski definition) is 0. The highest BCUT2D eigenvalue weighted by molar-refractivity contribution is 6.35. The van der Waals surface area contributed by atoms with Crippen molar-refractivity contribution < 1.29 is 14.3 Å². The third kappa shape index (κ3) is 7.01. The largest absolute Gasteiger partial charge is 0.480 e. The molecule has 0 saturated carbocycles. The highest BCUT2D eigenvalue weighted by Gasteiger charge is 2.07. The van der Waals surface area contributed by atoms with Gasteiger partial charge >= 0.3 is 5.97 Å². The average Bonchev–Trinajstić information content (AvgIpc) is 2.41. The highest BCUT2D eigenvalue weighted by Crippen LogP contribution is 2.27. The summed E-state index contributed by atoms with van der Waals surface area (Å²) >= 11 is 11.7. The molecule has 0 aliphatic heterocycles. The minimum atomic E-state index is -0.383. The van der Waals surface area contributed by atoms with Crippen LogP contribution in [0.5, 0.6) is 5.75 Å². The van der Waals surface area contributed by atoms with Gasteiger partial charge in [-0.1, -0.05) is 55.8 Å². The first-order valence-electron chi connectivity index (χ1n) is 6.87. The van der Waals surface area contributed by atoms with E-state index in [4.69, 9.17) is 32.7 Å². The number of esters is 1. The maximum absolute atomic E-state index is 11.5. The van der Waals surface area contributed by atoms with Gasteiger partial charge in [0.1, 0.15) is 5.75 Å². The summed E-state index contributed by atoms with van der Waals surface area (Å²) in [6.07, 6.45) is 5.60. The molecular weight excluding hydrogens is 299 g/mol. The fraction of sp³-hybridized carbons (Fsp3) is 0.533. The Bertz CT molecular complexity index is 422. The predicted octanol–water partition coefficient (Wildman–Crippen LogP) is 4.89. The van der Waals surface area contributed by atoms with Gasteiger partial charge in [0.05, 0.1) is 11.6 Å². The van der Waals surface area contributed by atoms with Crippen molar-refractivity contribution in [1.29, 1.82) is 0 Å². The van der Waals surface area contributed by atoms with Gasteiger partial charge < -0.3 is 9.47 Å². The lowest BCUT2D eigenvalue weighted by Crippen LogP contribution is -2.15. The van der Waals surface area contributed by atoms with E-state index in [0.29, 0.717) is 22.4 Å². The molecule has 0 bridgehead atoms. The fourth-order valence-corrected chi connectivity index (χ4v) is 2.13. The Morgan fingerprint density at radius 2 is 1.90 bits per heavy atom. The molecule has 0 unspecified atom stereocenters. The molecule has 112 valence electrons. The van der Waals surface area contributed by atoms with E-state index in [9.17, 15) is 4.79 Å². The van der Waals surface area contributed by atoms with Gasteiger partial charge in [-0.05, 0) is 24.6 Å². The lowest BCUT2D eigenvalue weighted by atomic mass is 10.2. The molecule has 20 heavy (non-hydrogen) atoms. The molecule has 0 radical (unpaired) electrons. The number of halogens is 2. The van der Waals surface area contributed by atoms with Gasteiger partial charge in [0.15, 0.2) is 6.61 Å². The van der Waals surface area contributed by atoms with Crippen molar-refractivity contribution in [3.8, 4) is 5.75 Å². The van der Waals surface area contributed by atoms with E-state index in [1.165, 1.54) is 19.3 Å². The van der Waals surface area contributed by atoms with Gasteiger partial charge in [-0.2, -0.15) is 0 Å². The van der Waals surface area contributed by atoms with Crippen LogP contribution in [-0.2, 0) is 9.53 Å². The Morgan fingerprint density at radius 3 is 2.60 bits per heavy atom. The predicted molar refractivity (Wildman–Crippen MR) is 81.7 cm³/mol. The lowest BCUT2D eigenvalue weighted by Gasteiger charge is -2.08. The molecule has 0 heterocycles. The van der Waals surface area contributed by atoms with Gasteiger partial charge in [0.25, 0.3) is 0 Å². The number of ether oxygens (including phenoxy) is 2. The van der Waals surface area contributed by atoms with Crippen molar-refractivity contribution in [2.24, 2.45) is 0 Å². The van der Waals surface area contributed by atoms with Crippen LogP contribution in [0.1, 0.15) is 39.0 Å². The van der Waals surface area contributed by atoms with Gasteiger partial charge in [-0.25, -0.2) is 4.79 Å². The number of benzene rings is 1. The summed E-state index contributed by atoms with van der Waals surface area (Å²) in [7, 11) is 0. The van der Waals surface area contributed by atoms with Crippen LogP contribution >= 0.6 is 23.2 Å². The van der Waals surface area contributed by atoms with Crippen LogP contribution in [0, 0.1) is 0 Å². The van der Waals surface area contributed by atoms with Crippen LogP contribution in [0.4, 0.5) is 0 Å². The molecule has 1 aromatic rings. The second kappa shape index (κ2) is 9.89. The quantitative estimate of drug-likeness (QED) is 0.480. The Morgan fingerprint density at radius 1 is 1.15 bits per heavy atom. The third-order valence-corrected chi connectivity index (χ3v) is 3.28. The second-order valence-corrected chi connectivity index (χ2v) is 5.34. The average molecular weight is 319 g/mol. The Hall–Kier alpha value is -0.930. The second-order valence-electron chi connectivity index (χ2n) is 4.50. The van der Waals surface area contributed by atoms with Crippen LogP contribution in [-0.4, -0.2) is 19.2 Å². The molecule has 0 atom stereocenters. The lowest BCUT2D eigenvalue weighted by molar-refractivity contribution is -0.146. The molecule has 0 aromatic heterocycles. The van der Waals surface area contributed by atoms with E-state index in [1.807, 2.05) is 0 Å². The molecule has 1 aromatic carbocycles. The summed E-state index contributed by atoms with van der Waals surface area (Å²) in [5.41, 5.74) is 0. The van der Waals surface area contributed by atoms with Crippen LogP contribution in [0.25, 0.3) is 0 Å². The number of rotatable bonds is 9. The van der Waals surface area contributed by atoms with Crippen molar-refractivity contribution in [3.05, 3.63) is 28.2 Å². The summed E-state index contributed by atoms with van der Waals surface area (Å²) in [5.74, 6) is 0.0440. The van der Waals surface area contributed by atoms with Crippen LogP contribution < -0.4 is 4.74 Å². The zero-order valence-electron chi connectivity index (χ0n) is 11.7. The molecule has 0 fully saturated rings. The van der Waals surface area contributed by atoms with Gasteiger partial charge in [-0.15, -0.1) is 0 Å². The van der Waals surface area contributed by atoms with Gasteiger partial charge in [-0.3, -0.25) is 0 Å². The number of hydrogen-bond acceptors (Lipinski definition) is 3.